The van der Waals surface area contributed by atoms with Crippen molar-refractivity contribution in [1.82, 2.24) is 39.2 Å². The van der Waals surface area contributed by atoms with Crippen LogP contribution in [-0.4, -0.2) is 132 Å². The molecule has 11 rings (SSSR count). The van der Waals surface area contributed by atoms with E-state index in [0.29, 0.717) is 91.0 Å². The second-order valence-electron chi connectivity index (χ2n) is 21.5. The number of rotatable bonds is 14. The Morgan fingerprint density at radius 2 is 1.75 bits per heavy atom. The van der Waals surface area contributed by atoms with Gasteiger partial charge in [-0.15, -0.1) is 0 Å². The van der Waals surface area contributed by atoms with Gasteiger partial charge in [0.2, 0.25) is 11.8 Å². The van der Waals surface area contributed by atoms with E-state index in [1.54, 1.807) is 24.6 Å². The number of phenols is 1. The molecule has 3 aromatic carbocycles. The summed E-state index contributed by atoms with van der Waals surface area (Å²) in [6, 6.07) is 11.6. The molecule has 2 amide bonds. The number of carbonyl (C=O) groups excluding carboxylic acids is 2. The van der Waals surface area contributed by atoms with E-state index in [4.69, 9.17) is 19.4 Å². The van der Waals surface area contributed by atoms with E-state index >= 15 is 8.78 Å². The molecule has 3 aromatic heterocycles. The summed E-state index contributed by atoms with van der Waals surface area (Å²) in [7, 11) is 1.74. The van der Waals surface area contributed by atoms with Crippen LogP contribution < -0.4 is 20.6 Å². The topological polar surface area (TPSA) is 180 Å². The smallest absolute Gasteiger partial charge is 0.329 e. The van der Waals surface area contributed by atoms with Crippen LogP contribution >= 0.6 is 0 Å². The van der Waals surface area contributed by atoms with Crippen molar-refractivity contribution in [2.45, 2.75) is 120 Å². The zero-order valence-electron chi connectivity index (χ0n) is 42.0. The minimum atomic E-state index is -0.980. The van der Waals surface area contributed by atoms with E-state index in [1.165, 1.54) is 34.5 Å². The van der Waals surface area contributed by atoms with Crippen molar-refractivity contribution >= 4 is 50.3 Å². The number of imide groups is 1. The van der Waals surface area contributed by atoms with Crippen molar-refractivity contribution in [2.24, 2.45) is 7.05 Å². The number of carbonyl (C=O) groups is 2. The number of ether oxygens (including phenoxy) is 2. The predicted molar refractivity (Wildman–Crippen MR) is 273 cm³/mol. The SMILES string of the molecule is CCc1c(F)ccc2cc(O)cc(-c3ncc4c(N5CCC[C@@](C)(O)C5)nc(OCC56CCCN5C(COCCCN5CCC(c7ccc8c(c7)n(C)c(=O)n8C7CCC(=O)NC7=O)CC5)CC6)nc4c3F)c12. The normalized spacial score (nSPS) is 24.3. The fraction of sp³-hybridized carbons (Fsp3) is 0.527. The Hall–Kier alpha value is -6.08. The standard InChI is InChI=1S/C55H65F2N9O7/c1-4-38-41(56)10-8-35-26-37(67)28-39(46(35)38)48-47(57)49-40(29-58-48)50(64-21-5-17-54(2,71)31-64)61-52(60-49)73-32-55-18-6-22-65(55)36(14-19-55)30-72-25-7-20-63-23-15-33(16-24-63)34-9-11-42-44(27-34)62(3)53(70)66(42)43-12-13-45(68)59-51(43)69/h8-11,26-29,33,36,43,67,71H,4-7,12-25,30-32H2,1-3H3,(H,59,68,69)/t36?,43?,54-,55?/m1/s1. The molecular weight excluding hydrogens is 937 g/mol. The number of nitrogens with zero attached hydrogens (tertiary/aromatic N) is 8. The van der Waals surface area contributed by atoms with E-state index in [9.17, 15) is 24.6 Å². The van der Waals surface area contributed by atoms with E-state index in [0.717, 1.165) is 76.6 Å². The molecule has 386 valence electrons. The van der Waals surface area contributed by atoms with Crippen molar-refractivity contribution in [3.8, 4) is 23.0 Å². The number of phenolic OH excluding ortho intramolecular Hbond substituents is 1. The van der Waals surface area contributed by atoms with Crippen LogP contribution in [0.2, 0.25) is 0 Å². The molecule has 18 heteroatoms. The molecule has 73 heavy (non-hydrogen) atoms. The van der Waals surface area contributed by atoms with Crippen LogP contribution in [-0.2, 0) is 27.8 Å². The summed E-state index contributed by atoms with van der Waals surface area (Å²) in [5.41, 5.74) is 1.81. The van der Waals surface area contributed by atoms with Crippen LogP contribution in [0.3, 0.4) is 0 Å². The van der Waals surface area contributed by atoms with Crippen molar-refractivity contribution < 1.29 is 38.1 Å². The van der Waals surface area contributed by atoms with Crippen LogP contribution in [0, 0.1) is 11.6 Å². The molecular formula is C55H65F2N9O7. The number of likely N-dealkylation sites (tertiary alicyclic amines) is 1. The number of hydrogen-bond acceptors (Lipinski definition) is 13. The lowest BCUT2D eigenvalue weighted by molar-refractivity contribution is -0.135. The van der Waals surface area contributed by atoms with Crippen LogP contribution in [0.1, 0.15) is 108 Å². The van der Waals surface area contributed by atoms with Gasteiger partial charge in [-0.3, -0.25) is 33.9 Å². The molecule has 3 N–H and O–H groups in total. The maximum Gasteiger partial charge on any atom is 0.329 e. The summed E-state index contributed by atoms with van der Waals surface area (Å²) in [5.74, 6) is -1.19. The van der Waals surface area contributed by atoms with Gasteiger partial charge < -0.3 is 29.5 Å². The Kier molecular flexibility index (Phi) is 13.2. The highest BCUT2D eigenvalue weighted by atomic mass is 19.1. The quantitative estimate of drug-likeness (QED) is 0.0749. The molecule has 5 fully saturated rings. The van der Waals surface area contributed by atoms with Gasteiger partial charge >= 0.3 is 11.7 Å². The number of amides is 2. The Balaban J connectivity index is 0.726. The number of piperidine rings is 3. The fourth-order valence-corrected chi connectivity index (χ4v) is 12.9. The van der Waals surface area contributed by atoms with Crippen LogP contribution in [0.4, 0.5) is 14.6 Å². The largest absolute Gasteiger partial charge is 0.508 e. The Morgan fingerprint density at radius 1 is 0.932 bits per heavy atom. The number of nitrogens with one attached hydrogen (secondary N) is 1. The van der Waals surface area contributed by atoms with Crippen LogP contribution in [0.15, 0.2) is 53.5 Å². The maximum atomic E-state index is 17.2. The van der Waals surface area contributed by atoms with Gasteiger partial charge in [-0.2, -0.15) is 9.97 Å². The average Bonchev–Trinajstić information content (AvgIpc) is 4.02. The summed E-state index contributed by atoms with van der Waals surface area (Å²) in [6.45, 7) is 9.92. The molecule has 4 atom stereocenters. The Bertz CT molecular complexity index is 3190. The molecule has 0 saturated carbocycles. The molecule has 0 aliphatic carbocycles. The maximum absolute atomic E-state index is 17.2. The summed E-state index contributed by atoms with van der Waals surface area (Å²) in [4.78, 5) is 58.9. The number of fused-ring (bicyclic) bond motifs is 4. The van der Waals surface area contributed by atoms with E-state index in [1.807, 2.05) is 17.9 Å². The number of benzene rings is 3. The van der Waals surface area contributed by atoms with E-state index < -0.39 is 29.2 Å². The van der Waals surface area contributed by atoms with Gasteiger partial charge in [0.25, 0.3) is 0 Å². The number of β-amino-alcohol motifs (C(OH)–C–C–N with tert-alkyl or cyclic N) is 1. The highest BCUT2D eigenvalue weighted by Crippen LogP contribution is 2.44. The van der Waals surface area contributed by atoms with Gasteiger partial charge in [-0.25, -0.2) is 13.6 Å². The van der Waals surface area contributed by atoms with Crippen molar-refractivity contribution in [3.05, 3.63) is 81.9 Å². The molecule has 0 bridgehead atoms. The number of aromatic hydroxyl groups is 1. The van der Waals surface area contributed by atoms with Gasteiger partial charge in [0.05, 0.1) is 34.2 Å². The number of halogens is 2. The third-order valence-corrected chi connectivity index (χ3v) is 16.7. The molecule has 5 saturated heterocycles. The lowest BCUT2D eigenvalue weighted by Gasteiger charge is -2.38. The number of aromatic nitrogens is 5. The zero-order chi connectivity index (χ0) is 50.8. The van der Waals surface area contributed by atoms with Gasteiger partial charge in [0.15, 0.2) is 5.82 Å². The van der Waals surface area contributed by atoms with Crippen molar-refractivity contribution in [1.29, 1.82) is 0 Å². The lowest BCUT2D eigenvalue weighted by atomic mass is 9.89. The first-order chi connectivity index (χ1) is 35.2. The minimum Gasteiger partial charge on any atom is -0.508 e. The molecule has 8 heterocycles. The fourth-order valence-electron chi connectivity index (χ4n) is 12.9. The van der Waals surface area contributed by atoms with Gasteiger partial charge in [-0.05, 0) is 155 Å². The predicted octanol–water partition coefficient (Wildman–Crippen LogP) is 7.04. The first kappa shape index (κ1) is 49.1. The number of pyridine rings is 1. The van der Waals surface area contributed by atoms with Crippen molar-refractivity contribution in [3.63, 3.8) is 0 Å². The molecule has 3 unspecified atom stereocenters. The van der Waals surface area contributed by atoms with E-state index in [-0.39, 0.29) is 64.7 Å². The molecule has 0 spiro atoms. The number of aryl methyl sites for hydroxylation is 2. The van der Waals surface area contributed by atoms with E-state index in [2.05, 4.69) is 32.2 Å². The highest BCUT2D eigenvalue weighted by Gasteiger charge is 2.50. The minimum absolute atomic E-state index is 0.00329. The molecule has 0 radical (unpaired) electrons. The summed E-state index contributed by atoms with van der Waals surface area (Å²) in [6.07, 6.45) is 10.5. The summed E-state index contributed by atoms with van der Waals surface area (Å²) >= 11 is 0. The van der Waals surface area contributed by atoms with Gasteiger partial charge in [-0.1, -0.05) is 19.1 Å². The molecule has 5 aliphatic rings. The summed E-state index contributed by atoms with van der Waals surface area (Å²) in [5, 5.41) is 25.7. The van der Waals surface area contributed by atoms with Crippen LogP contribution in [0.5, 0.6) is 11.8 Å². The second kappa shape index (κ2) is 19.6. The Morgan fingerprint density at radius 3 is 2.55 bits per heavy atom. The van der Waals surface area contributed by atoms with Gasteiger partial charge in [0.1, 0.15) is 41.2 Å². The summed E-state index contributed by atoms with van der Waals surface area (Å²) < 4.78 is 48.5. The number of imidazole rings is 1. The first-order valence-electron chi connectivity index (χ1n) is 26.2. The Labute approximate surface area is 422 Å². The average molecular weight is 1000 g/mol. The second-order valence-corrected chi connectivity index (χ2v) is 21.5. The highest BCUT2D eigenvalue weighted by molar-refractivity contribution is 6.02. The van der Waals surface area contributed by atoms with Crippen molar-refractivity contribution in [2.75, 3.05) is 64.0 Å². The zero-order valence-corrected chi connectivity index (χ0v) is 42.0. The molecule has 6 aromatic rings. The number of aliphatic hydroxyl groups is 1. The molecule has 16 nitrogen and oxygen atoms in total. The number of anilines is 1. The third kappa shape index (κ3) is 9.22. The van der Waals surface area contributed by atoms with Gasteiger partial charge in [0, 0.05) is 57.5 Å². The molecule has 5 aliphatic heterocycles. The van der Waals surface area contributed by atoms with Crippen LogP contribution in [0.25, 0.3) is 44.0 Å². The monoisotopic (exact) mass is 1000 g/mol. The first-order valence-corrected chi connectivity index (χ1v) is 26.2. The lowest BCUT2D eigenvalue weighted by Crippen LogP contribution is -2.48. The third-order valence-electron chi connectivity index (χ3n) is 16.7. The number of hydrogen-bond donors (Lipinski definition) is 3.